The van der Waals surface area contributed by atoms with Gasteiger partial charge in [0.05, 0.1) is 6.54 Å². The second-order valence-corrected chi connectivity index (χ2v) is 5.83. The van der Waals surface area contributed by atoms with Crippen molar-refractivity contribution < 1.29 is 4.79 Å². The first-order chi connectivity index (χ1) is 8.52. The Morgan fingerprint density at radius 2 is 2.22 bits per heavy atom. The van der Waals surface area contributed by atoms with E-state index < -0.39 is 0 Å². The molecule has 5 heteroatoms. The van der Waals surface area contributed by atoms with Gasteiger partial charge in [-0.1, -0.05) is 24.9 Å². The Balaban J connectivity index is 2.42. The van der Waals surface area contributed by atoms with Gasteiger partial charge < -0.3 is 10.6 Å². The van der Waals surface area contributed by atoms with Crippen LogP contribution < -0.4 is 10.6 Å². The monoisotopic (exact) mass is 380 g/mol. The van der Waals surface area contributed by atoms with Gasteiger partial charge in [0, 0.05) is 20.3 Å². The average Bonchev–Trinajstić information content (AvgIpc) is 2.28. The molecule has 0 fully saturated rings. The number of amides is 1. The Morgan fingerprint density at radius 3 is 2.83 bits per heavy atom. The van der Waals surface area contributed by atoms with Gasteiger partial charge in [-0.2, -0.15) is 0 Å². The number of nitrogens with one attached hydrogen (secondary N) is 2. The minimum atomic E-state index is 0.0155. The van der Waals surface area contributed by atoms with E-state index in [0.29, 0.717) is 5.02 Å². The van der Waals surface area contributed by atoms with Crippen molar-refractivity contribution in [1.29, 1.82) is 0 Å². The van der Waals surface area contributed by atoms with Crippen molar-refractivity contribution >= 4 is 45.8 Å². The van der Waals surface area contributed by atoms with Gasteiger partial charge in [-0.15, -0.1) is 0 Å². The van der Waals surface area contributed by atoms with Gasteiger partial charge in [-0.05, 0) is 54.1 Å². The van der Waals surface area contributed by atoms with Crippen LogP contribution in [0.4, 0.5) is 5.69 Å². The molecule has 0 saturated carbocycles. The highest BCUT2D eigenvalue weighted by molar-refractivity contribution is 14.1. The molecule has 0 radical (unpaired) electrons. The van der Waals surface area contributed by atoms with Gasteiger partial charge in [0.2, 0.25) is 5.91 Å². The van der Waals surface area contributed by atoms with Gasteiger partial charge in [0.15, 0.2) is 0 Å². The topological polar surface area (TPSA) is 41.1 Å². The highest BCUT2D eigenvalue weighted by atomic mass is 127. The Morgan fingerprint density at radius 1 is 1.50 bits per heavy atom. The van der Waals surface area contributed by atoms with Crippen molar-refractivity contribution in [3.8, 4) is 0 Å². The molecule has 18 heavy (non-hydrogen) atoms. The van der Waals surface area contributed by atoms with Crippen LogP contribution in [0.1, 0.15) is 26.7 Å². The number of halogens is 2. The molecule has 0 aliphatic carbocycles. The molecule has 0 aliphatic heterocycles. The van der Waals surface area contributed by atoms with E-state index in [9.17, 15) is 4.79 Å². The third-order valence-electron chi connectivity index (χ3n) is 2.50. The van der Waals surface area contributed by atoms with Crippen molar-refractivity contribution in [3.05, 3.63) is 26.8 Å². The van der Waals surface area contributed by atoms with E-state index in [1.807, 2.05) is 25.1 Å². The fraction of sp³-hybridized carbons (Fsp3) is 0.462. The molecule has 1 amide bonds. The van der Waals surface area contributed by atoms with E-state index in [1.54, 1.807) is 0 Å². The van der Waals surface area contributed by atoms with Crippen LogP contribution in [-0.2, 0) is 4.79 Å². The predicted octanol–water partition coefficient (Wildman–Crippen LogP) is 3.66. The summed E-state index contributed by atoms with van der Waals surface area (Å²) >= 11 is 8.06. The van der Waals surface area contributed by atoms with E-state index >= 15 is 0 Å². The van der Waals surface area contributed by atoms with Gasteiger partial charge in [0.1, 0.15) is 0 Å². The second kappa shape index (κ2) is 7.84. The summed E-state index contributed by atoms with van der Waals surface area (Å²) in [5.74, 6) is 0.0155. The van der Waals surface area contributed by atoms with Crippen molar-refractivity contribution in [2.75, 3.05) is 11.9 Å². The third kappa shape index (κ3) is 5.44. The highest BCUT2D eigenvalue weighted by Gasteiger charge is 2.07. The summed E-state index contributed by atoms with van der Waals surface area (Å²) in [4.78, 5) is 11.7. The lowest BCUT2D eigenvalue weighted by Crippen LogP contribution is -2.36. The Labute approximate surface area is 127 Å². The quantitative estimate of drug-likeness (QED) is 0.740. The van der Waals surface area contributed by atoms with Crippen LogP contribution in [-0.4, -0.2) is 18.5 Å². The number of hydrogen-bond acceptors (Lipinski definition) is 2. The summed E-state index contributed by atoms with van der Waals surface area (Å²) in [6, 6.07) is 5.78. The Hall–Kier alpha value is -0.490. The molecule has 1 aromatic rings. The lowest BCUT2D eigenvalue weighted by molar-refractivity contribution is -0.120. The molecule has 0 aliphatic rings. The Kier molecular flexibility index (Phi) is 6.78. The fourth-order valence-electron chi connectivity index (χ4n) is 1.64. The number of hydrogen-bond donors (Lipinski definition) is 2. The smallest absolute Gasteiger partial charge is 0.239 e. The molecule has 0 bridgehead atoms. The van der Waals surface area contributed by atoms with E-state index in [-0.39, 0.29) is 18.5 Å². The highest BCUT2D eigenvalue weighted by Crippen LogP contribution is 2.21. The summed E-state index contributed by atoms with van der Waals surface area (Å²) < 4.78 is 1.01. The molecule has 0 spiro atoms. The molecular formula is C13H18ClIN2O. The maximum Gasteiger partial charge on any atom is 0.239 e. The third-order valence-corrected chi connectivity index (χ3v) is 3.63. The number of benzene rings is 1. The number of carbonyl (C=O) groups excluding carboxylic acids is 1. The molecule has 2 N–H and O–H groups in total. The number of anilines is 1. The van der Waals surface area contributed by atoms with Crippen LogP contribution in [0, 0.1) is 3.57 Å². The van der Waals surface area contributed by atoms with Crippen LogP contribution in [0.5, 0.6) is 0 Å². The molecular weight excluding hydrogens is 363 g/mol. The minimum absolute atomic E-state index is 0.0155. The first kappa shape index (κ1) is 15.6. The zero-order chi connectivity index (χ0) is 13.5. The summed E-state index contributed by atoms with van der Waals surface area (Å²) in [6.45, 7) is 4.41. The van der Waals surface area contributed by atoms with Gasteiger partial charge >= 0.3 is 0 Å². The largest absolute Gasteiger partial charge is 0.375 e. The van der Waals surface area contributed by atoms with Crippen LogP contribution in [0.2, 0.25) is 5.02 Å². The molecule has 100 valence electrons. The maximum atomic E-state index is 11.7. The first-order valence-electron chi connectivity index (χ1n) is 6.01. The number of carbonyl (C=O) groups is 1. The predicted molar refractivity (Wildman–Crippen MR) is 85.2 cm³/mol. The molecule has 1 rings (SSSR count). The normalized spacial score (nSPS) is 12.0. The average molecular weight is 381 g/mol. The molecule has 1 atom stereocenters. The van der Waals surface area contributed by atoms with Crippen LogP contribution in [0.25, 0.3) is 0 Å². The maximum absolute atomic E-state index is 11.7. The standard InChI is InChI=1S/C13H18ClIN2O/c1-3-4-9(2)17-13(18)8-16-12-6-5-10(14)7-11(12)15/h5-7,9,16H,3-4,8H2,1-2H3,(H,17,18). The summed E-state index contributed by atoms with van der Waals surface area (Å²) in [6.07, 6.45) is 2.08. The summed E-state index contributed by atoms with van der Waals surface area (Å²) in [5.41, 5.74) is 0.929. The molecule has 1 unspecified atom stereocenters. The van der Waals surface area contributed by atoms with Crippen molar-refractivity contribution in [2.24, 2.45) is 0 Å². The van der Waals surface area contributed by atoms with E-state index in [0.717, 1.165) is 22.1 Å². The van der Waals surface area contributed by atoms with Crippen molar-refractivity contribution in [3.63, 3.8) is 0 Å². The van der Waals surface area contributed by atoms with Crippen molar-refractivity contribution in [2.45, 2.75) is 32.7 Å². The molecule has 1 aromatic carbocycles. The van der Waals surface area contributed by atoms with Crippen molar-refractivity contribution in [1.82, 2.24) is 5.32 Å². The van der Waals surface area contributed by atoms with Crippen LogP contribution >= 0.6 is 34.2 Å². The fourth-order valence-corrected chi connectivity index (χ4v) is 2.70. The van der Waals surface area contributed by atoms with E-state index in [4.69, 9.17) is 11.6 Å². The minimum Gasteiger partial charge on any atom is -0.375 e. The van der Waals surface area contributed by atoms with Gasteiger partial charge in [-0.3, -0.25) is 4.79 Å². The molecule has 0 aromatic heterocycles. The number of rotatable bonds is 6. The summed E-state index contributed by atoms with van der Waals surface area (Å²) in [5, 5.41) is 6.76. The van der Waals surface area contributed by atoms with E-state index in [1.165, 1.54) is 0 Å². The Bertz CT molecular complexity index is 412. The zero-order valence-electron chi connectivity index (χ0n) is 10.6. The molecule has 0 saturated heterocycles. The molecule has 3 nitrogen and oxygen atoms in total. The van der Waals surface area contributed by atoms with Crippen LogP contribution in [0.15, 0.2) is 18.2 Å². The lowest BCUT2D eigenvalue weighted by Gasteiger charge is -2.14. The van der Waals surface area contributed by atoms with Crippen LogP contribution in [0.3, 0.4) is 0 Å². The first-order valence-corrected chi connectivity index (χ1v) is 7.47. The van der Waals surface area contributed by atoms with E-state index in [2.05, 4.69) is 40.1 Å². The SMILES string of the molecule is CCCC(C)NC(=O)CNc1ccc(Cl)cc1I. The molecule has 0 heterocycles. The second-order valence-electron chi connectivity index (χ2n) is 4.23. The zero-order valence-corrected chi connectivity index (χ0v) is 13.5. The van der Waals surface area contributed by atoms with Gasteiger partial charge in [-0.25, -0.2) is 0 Å². The summed E-state index contributed by atoms with van der Waals surface area (Å²) in [7, 11) is 0. The van der Waals surface area contributed by atoms with Gasteiger partial charge in [0.25, 0.3) is 0 Å². The lowest BCUT2D eigenvalue weighted by atomic mass is 10.2.